The average molecular weight is 1140 g/mol. The van der Waals surface area contributed by atoms with Crippen molar-refractivity contribution in [1.82, 2.24) is 5.32 Å². The number of carbonyl (C=O) groups is 2. The Morgan fingerprint density at radius 3 is 0.840 bits per heavy atom. The van der Waals surface area contributed by atoms with Crippen LogP contribution in [0.5, 0.6) is 0 Å². The molecule has 3 N–H and O–H groups in total. The first-order valence-electron chi connectivity index (χ1n) is 37.5. The number of ether oxygens (including phenoxy) is 1. The molecule has 0 radical (unpaired) electrons. The number of hydrogen-bond donors (Lipinski definition) is 3. The number of rotatable bonds is 71. The van der Waals surface area contributed by atoms with Gasteiger partial charge in [0, 0.05) is 12.8 Å². The van der Waals surface area contributed by atoms with E-state index in [4.69, 9.17) is 4.74 Å². The molecule has 0 aliphatic heterocycles. The maximum Gasteiger partial charge on any atom is 0.305 e. The van der Waals surface area contributed by atoms with Gasteiger partial charge >= 0.3 is 5.97 Å². The van der Waals surface area contributed by atoms with E-state index in [1.54, 1.807) is 6.08 Å². The van der Waals surface area contributed by atoms with Gasteiger partial charge in [-0.1, -0.05) is 398 Å². The smallest absolute Gasteiger partial charge is 0.305 e. The first-order valence-corrected chi connectivity index (χ1v) is 37.5. The molecule has 1 amide bonds. The number of aliphatic hydroxyl groups is 2. The van der Waals surface area contributed by atoms with Crippen LogP contribution in [0, 0.1) is 0 Å². The van der Waals surface area contributed by atoms with Crippen molar-refractivity contribution in [2.75, 3.05) is 13.2 Å². The van der Waals surface area contributed by atoms with E-state index >= 15 is 0 Å². The van der Waals surface area contributed by atoms with Gasteiger partial charge < -0.3 is 20.3 Å². The van der Waals surface area contributed by atoms with Crippen LogP contribution in [0.4, 0.5) is 0 Å². The van der Waals surface area contributed by atoms with Gasteiger partial charge in [-0.25, -0.2) is 0 Å². The van der Waals surface area contributed by atoms with E-state index in [-0.39, 0.29) is 18.5 Å². The third kappa shape index (κ3) is 67.6. The molecule has 6 nitrogen and oxygen atoms in total. The van der Waals surface area contributed by atoms with E-state index in [1.807, 2.05) is 6.08 Å². The summed E-state index contributed by atoms with van der Waals surface area (Å²) in [4.78, 5) is 24.6. The molecule has 0 saturated heterocycles. The van der Waals surface area contributed by atoms with E-state index in [1.165, 1.54) is 366 Å². The summed E-state index contributed by atoms with van der Waals surface area (Å²) in [5.74, 6) is -0.0346. The van der Waals surface area contributed by atoms with Crippen LogP contribution >= 0.6 is 0 Å². The van der Waals surface area contributed by atoms with Crippen LogP contribution in [-0.4, -0.2) is 47.4 Å². The first-order chi connectivity index (χ1) is 40.0. The third-order valence-electron chi connectivity index (χ3n) is 17.8. The lowest BCUT2D eigenvalue weighted by atomic mass is 10.0. The van der Waals surface area contributed by atoms with Crippen molar-refractivity contribution in [3.05, 3.63) is 12.2 Å². The zero-order chi connectivity index (χ0) is 58.5. The lowest BCUT2D eigenvalue weighted by molar-refractivity contribution is -0.143. The first kappa shape index (κ1) is 79.6. The second kappa shape index (κ2) is 71.1. The fourth-order valence-electron chi connectivity index (χ4n) is 12.1. The fraction of sp³-hybridized carbons (Fsp3) is 0.947. The molecular weight excluding hydrogens is 995 g/mol. The molecule has 81 heavy (non-hydrogen) atoms. The van der Waals surface area contributed by atoms with Gasteiger partial charge in [-0.3, -0.25) is 9.59 Å². The molecule has 0 bridgehead atoms. The number of carbonyl (C=O) groups excluding carboxylic acids is 2. The summed E-state index contributed by atoms with van der Waals surface area (Å²) in [6.07, 6.45) is 88.9. The predicted molar refractivity (Wildman–Crippen MR) is 357 cm³/mol. The molecule has 2 atom stereocenters. The summed E-state index contributed by atoms with van der Waals surface area (Å²) in [5.41, 5.74) is 0. The van der Waals surface area contributed by atoms with Gasteiger partial charge in [0.15, 0.2) is 0 Å². The molecule has 0 fully saturated rings. The predicted octanol–water partition coefficient (Wildman–Crippen LogP) is 24.3. The van der Waals surface area contributed by atoms with Crippen LogP contribution < -0.4 is 5.32 Å². The van der Waals surface area contributed by atoms with Crippen LogP contribution in [0.2, 0.25) is 0 Å². The van der Waals surface area contributed by atoms with Crippen molar-refractivity contribution in [2.45, 2.75) is 443 Å². The van der Waals surface area contributed by atoms with Crippen molar-refractivity contribution >= 4 is 11.9 Å². The standard InChI is InChI=1S/C75H147NO5/c1-3-5-7-9-11-13-15-17-19-36-40-43-47-51-55-59-63-67-73(78)72(71-77)76-74(79)68-64-60-56-52-48-44-41-37-34-32-30-28-26-24-22-20-21-23-25-27-29-31-33-35-38-42-46-50-54-58-62-66-70-81-75(80)69-65-61-57-53-49-45-39-18-16-14-12-10-8-6-4-2/h63,67,72-73,77-78H,3-62,64-66,68-71H2,1-2H3,(H,76,79)/b67-63+. The zero-order valence-electron chi connectivity index (χ0n) is 55.3. The van der Waals surface area contributed by atoms with Crippen molar-refractivity contribution in [1.29, 1.82) is 0 Å². The van der Waals surface area contributed by atoms with Gasteiger partial charge in [0.05, 0.1) is 25.4 Å². The Balaban J connectivity index is 3.32. The Kier molecular flexibility index (Phi) is 69.9. The molecule has 482 valence electrons. The third-order valence-corrected chi connectivity index (χ3v) is 17.8. The van der Waals surface area contributed by atoms with Gasteiger partial charge in [0.1, 0.15) is 0 Å². The second-order valence-corrected chi connectivity index (χ2v) is 26.0. The molecule has 0 aliphatic carbocycles. The molecule has 0 aromatic heterocycles. The maximum absolute atomic E-state index is 12.5. The molecule has 0 aromatic rings. The number of hydrogen-bond acceptors (Lipinski definition) is 5. The minimum Gasteiger partial charge on any atom is -0.466 e. The van der Waals surface area contributed by atoms with E-state index in [2.05, 4.69) is 19.2 Å². The number of esters is 1. The van der Waals surface area contributed by atoms with Gasteiger partial charge in [-0.05, 0) is 32.1 Å². The molecule has 2 unspecified atom stereocenters. The molecule has 0 aromatic carbocycles. The average Bonchev–Trinajstić information content (AvgIpc) is 3.47. The molecule has 0 heterocycles. The minimum atomic E-state index is -0.841. The SMILES string of the molecule is CCCCCCCCCCCCCCCCC/C=C/C(O)C(CO)NC(=O)CCCCCCCCCCCCCCCCCCCCCCCCCCCCCCCCCCOC(=O)CCCCCCCCCCCCCCCCC. The molecule has 0 saturated carbocycles. The van der Waals surface area contributed by atoms with Crippen LogP contribution in [0.3, 0.4) is 0 Å². The molecule has 0 aliphatic rings. The highest BCUT2D eigenvalue weighted by Gasteiger charge is 2.18. The minimum absolute atomic E-state index is 0.0249. The Hall–Kier alpha value is -1.40. The number of aliphatic hydroxyl groups excluding tert-OH is 2. The highest BCUT2D eigenvalue weighted by Crippen LogP contribution is 2.20. The van der Waals surface area contributed by atoms with Gasteiger partial charge in [-0.2, -0.15) is 0 Å². The molecule has 0 rings (SSSR count). The van der Waals surface area contributed by atoms with Crippen LogP contribution in [0.15, 0.2) is 12.2 Å². The molecular formula is C75H147NO5. The zero-order valence-corrected chi connectivity index (χ0v) is 55.3. The summed E-state index contributed by atoms with van der Waals surface area (Å²) in [6.45, 7) is 4.96. The monoisotopic (exact) mass is 1140 g/mol. The largest absolute Gasteiger partial charge is 0.466 e. The van der Waals surface area contributed by atoms with Crippen LogP contribution in [0.1, 0.15) is 431 Å². The fourth-order valence-corrected chi connectivity index (χ4v) is 12.1. The molecule has 6 heteroatoms. The molecule has 0 spiro atoms. The van der Waals surface area contributed by atoms with Gasteiger partial charge in [-0.15, -0.1) is 0 Å². The summed E-state index contributed by atoms with van der Waals surface area (Å²) >= 11 is 0. The van der Waals surface area contributed by atoms with Crippen molar-refractivity contribution < 1.29 is 24.5 Å². The van der Waals surface area contributed by atoms with Gasteiger partial charge in [0.25, 0.3) is 0 Å². The van der Waals surface area contributed by atoms with E-state index < -0.39 is 12.1 Å². The highest BCUT2D eigenvalue weighted by atomic mass is 16.5. The number of unbranched alkanes of at least 4 members (excludes halogenated alkanes) is 60. The van der Waals surface area contributed by atoms with Crippen LogP contribution in [-0.2, 0) is 14.3 Å². The van der Waals surface area contributed by atoms with E-state index in [9.17, 15) is 19.8 Å². The number of amides is 1. The topological polar surface area (TPSA) is 95.9 Å². The lowest BCUT2D eigenvalue weighted by Crippen LogP contribution is -2.45. The quantitative estimate of drug-likeness (QED) is 0.0320. The number of nitrogens with one attached hydrogen (secondary N) is 1. The Labute approximate surface area is 508 Å². The van der Waals surface area contributed by atoms with E-state index in [0.717, 1.165) is 38.5 Å². The highest BCUT2D eigenvalue weighted by molar-refractivity contribution is 5.76. The lowest BCUT2D eigenvalue weighted by Gasteiger charge is -2.20. The summed E-state index contributed by atoms with van der Waals surface area (Å²) in [7, 11) is 0. The summed E-state index contributed by atoms with van der Waals surface area (Å²) < 4.78 is 5.51. The van der Waals surface area contributed by atoms with Crippen LogP contribution in [0.25, 0.3) is 0 Å². The Morgan fingerprint density at radius 2 is 0.568 bits per heavy atom. The summed E-state index contributed by atoms with van der Waals surface area (Å²) in [6, 6.07) is -0.624. The van der Waals surface area contributed by atoms with E-state index in [0.29, 0.717) is 19.4 Å². The van der Waals surface area contributed by atoms with Crippen molar-refractivity contribution in [2.24, 2.45) is 0 Å². The maximum atomic E-state index is 12.5. The van der Waals surface area contributed by atoms with Crippen molar-refractivity contribution in [3.8, 4) is 0 Å². The van der Waals surface area contributed by atoms with Gasteiger partial charge in [0.2, 0.25) is 5.91 Å². The summed E-state index contributed by atoms with van der Waals surface area (Å²) in [5, 5.41) is 23.2. The second-order valence-electron chi connectivity index (χ2n) is 26.0. The Bertz CT molecular complexity index is 1220. The Morgan fingerprint density at radius 1 is 0.333 bits per heavy atom. The number of allylic oxidation sites excluding steroid dienone is 1. The van der Waals surface area contributed by atoms with Crippen molar-refractivity contribution in [3.63, 3.8) is 0 Å². The normalized spacial score (nSPS) is 12.5.